The fraction of sp³-hybridized carbons (Fsp3) is 0.552. The maximum absolute atomic E-state index is 14.7. The van der Waals surface area contributed by atoms with Crippen molar-refractivity contribution < 1.29 is 19.5 Å². The number of thioether (sulfide) groups is 1. The highest BCUT2D eigenvalue weighted by molar-refractivity contribution is 9.09. The number of aliphatic hydroxyl groups is 1. The molecule has 1 aromatic rings. The number of aliphatic hydroxyl groups excluding tert-OH is 1. The van der Waals surface area contributed by atoms with Gasteiger partial charge in [0.25, 0.3) is 5.91 Å². The van der Waals surface area contributed by atoms with E-state index < -0.39 is 28.7 Å². The van der Waals surface area contributed by atoms with Gasteiger partial charge in [0, 0.05) is 40.9 Å². The number of halogens is 2. The molecule has 0 aromatic heterocycles. The number of benzene rings is 1. The first-order chi connectivity index (χ1) is 18.6. The zero-order valence-electron chi connectivity index (χ0n) is 22.6. The van der Waals surface area contributed by atoms with Crippen molar-refractivity contribution in [1.29, 1.82) is 0 Å². The second kappa shape index (κ2) is 12.0. The van der Waals surface area contributed by atoms with Crippen LogP contribution in [0, 0.1) is 17.8 Å². The Kier molecular flexibility index (Phi) is 9.25. The molecule has 3 unspecified atom stereocenters. The number of alkyl halides is 1. The Balaban J connectivity index is 1.86. The van der Waals surface area contributed by atoms with Gasteiger partial charge in [-0.25, -0.2) is 0 Å². The molecule has 1 N–H and O–H groups in total. The van der Waals surface area contributed by atoms with Crippen molar-refractivity contribution >= 4 is 62.7 Å². The van der Waals surface area contributed by atoms with Crippen LogP contribution < -0.4 is 4.90 Å². The highest BCUT2D eigenvalue weighted by atomic mass is 79.9. The molecule has 0 aliphatic carbocycles. The van der Waals surface area contributed by atoms with Crippen LogP contribution >= 0.6 is 39.3 Å². The quantitative estimate of drug-likeness (QED) is 0.288. The van der Waals surface area contributed by atoms with Crippen LogP contribution in [-0.4, -0.2) is 86.3 Å². The predicted molar refractivity (Wildman–Crippen MR) is 161 cm³/mol. The molecule has 4 rings (SSSR count). The van der Waals surface area contributed by atoms with Crippen molar-refractivity contribution in [3.05, 3.63) is 54.6 Å². The normalized spacial score (nSPS) is 30.6. The number of nitrogens with zero attached hydrogens (tertiary/aromatic N) is 3. The summed E-state index contributed by atoms with van der Waals surface area (Å²) < 4.78 is -0.810. The molecule has 3 amide bonds. The van der Waals surface area contributed by atoms with E-state index in [1.54, 1.807) is 69.9 Å². The van der Waals surface area contributed by atoms with Crippen molar-refractivity contribution in [3.63, 3.8) is 0 Å². The fourth-order valence-electron chi connectivity index (χ4n) is 6.56. The molecule has 0 saturated carbocycles. The van der Waals surface area contributed by atoms with Crippen molar-refractivity contribution in [2.75, 3.05) is 31.6 Å². The molecule has 7 nitrogen and oxygen atoms in total. The monoisotopic (exact) mass is 637 g/mol. The Morgan fingerprint density at radius 2 is 1.90 bits per heavy atom. The number of hydrogen-bond acceptors (Lipinski definition) is 5. The molecule has 10 heteroatoms. The first-order valence-electron chi connectivity index (χ1n) is 13.4. The predicted octanol–water partition coefficient (Wildman–Crippen LogP) is 4.38. The average molecular weight is 639 g/mol. The standard InChI is InChI=1S/C29H37BrClN3O4S/c1-6-13-32(5)26(36)22-23-27(37)34(21(16-35)17(4)8-3)25(29(23)15-20(30)24(22)39-29)28(38)33(14-7-2)19-11-9-18(31)10-12-19/h6-7,9-12,17,20-25,35H,1-2,8,13-16H2,3-5H3/t17-,20?,21-,22+,23-,24+,25?,29?/m0/s1. The topological polar surface area (TPSA) is 81.2 Å². The largest absolute Gasteiger partial charge is 0.394 e. The molecule has 8 atom stereocenters. The van der Waals surface area contributed by atoms with E-state index in [2.05, 4.69) is 29.1 Å². The second-order valence-corrected chi connectivity index (χ2v) is 13.9. The molecule has 212 valence electrons. The minimum absolute atomic E-state index is 0.0348. The minimum atomic E-state index is -0.852. The lowest BCUT2D eigenvalue weighted by Crippen LogP contribution is -2.59. The van der Waals surface area contributed by atoms with E-state index in [9.17, 15) is 19.5 Å². The summed E-state index contributed by atoms with van der Waals surface area (Å²) in [6, 6.07) is 5.60. The third-order valence-electron chi connectivity index (χ3n) is 8.59. The van der Waals surface area contributed by atoms with Gasteiger partial charge >= 0.3 is 0 Å². The molecular weight excluding hydrogens is 602 g/mol. The summed E-state index contributed by atoms with van der Waals surface area (Å²) in [6.07, 6.45) is 4.62. The molecule has 1 spiro atoms. The van der Waals surface area contributed by atoms with Crippen molar-refractivity contribution in [1.82, 2.24) is 9.80 Å². The lowest BCUT2D eigenvalue weighted by molar-refractivity contribution is -0.145. The van der Waals surface area contributed by atoms with Crippen LogP contribution in [0.2, 0.25) is 5.02 Å². The number of likely N-dealkylation sites (tertiary alicyclic amines) is 1. The van der Waals surface area contributed by atoms with Crippen molar-refractivity contribution in [2.45, 2.75) is 53.6 Å². The van der Waals surface area contributed by atoms with Gasteiger partial charge in [-0.1, -0.05) is 60.0 Å². The van der Waals surface area contributed by atoms with Gasteiger partial charge in [-0.2, -0.15) is 0 Å². The van der Waals surface area contributed by atoms with Gasteiger partial charge in [-0.05, 0) is 36.6 Å². The molecule has 2 bridgehead atoms. The smallest absolute Gasteiger partial charge is 0.251 e. The van der Waals surface area contributed by atoms with Crippen LogP contribution in [0.1, 0.15) is 26.7 Å². The third kappa shape index (κ3) is 4.98. The number of carbonyl (C=O) groups is 3. The highest BCUT2D eigenvalue weighted by Gasteiger charge is 2.76. The summed E-state index contributed by atoms with van der Waals surface area (Å²) in [5, 5.41) is 11.0. The van der Waals surface area contributed by atoms with Gasteiger partial charge < -0.3 is 19.8 Å². The van der Waals surface area contributed by atoms with E-state index in [1.807, 2.05) is 13.8 Å². The van der Waals surface area contributed by atoms with Crippen LogP contribution in [0.5, 0.6) is 0 Å². The number of hydrogen-bond donors (Lipinski definition) is 1. The SMILES string of the molecule is C=CCN(C)C(=O)[C@H]1[C@@H]2SC3(CC2Br)C(C(=O)N(CC=C)c2ccc(Cl)cc2)N([C@@H](CO)[C@@H](C)CC)C(=O)[C@H]13. The molecule has 3 fully saturated rings. The zero-order chi connectivity index (χ0) is 28.6. The van der Waals surface area contributed by atoms with Crippen LogP contribution in [-0.2, 0) is 14.4 Å². The van der Waals surface area contributed by atoms with E-state index in [0.29, 0.717) is 23.7 Å². The summed E-state index contributed by atoms with van der Waals surface area (Å²) in [6.45, 7) is 12.0. The Morgan fingerprint density at radius 1 is 1.26 bits per heavy atom. The Labute approximate surface area is 248 Å². The van der Waals surface area contributed by atoms with Gasteiger partial charge in [0.1, 0.15) is 6.04 Å². The number of likely N-dealkylation sites (N-methyl/N-ethyl adjacent to an activating group) is 1. The average Bonchev–Trinajstić information content (AvgIpc) is 3.51. The number of fused-ring (bicyclic) bond motifs is 1. The molecule has 3 saturated heterocycles. The van der Waals surface area contributed by atoms with Gasteiger partial charge in [0.05, 0.1) is 29.2 Å². The molecule has 0 radical (unpaired) electrons. The first kappa shape index (κ1) is 30.2. The van der Waals surface area contributed by atoms with Gasteiger partial charge in [0.15, 0.2) is 0 Å². The van der Waals surface area contributed by atoms with E-state index in [-0.39, 0.29) is 46.9 Å². The van der Waals surface area contributed by atoms with Crippen LogP contribution in [0.25, 0.3) is 0 Å². The summed E-state index contributed by atoms with van der Waals surface area (Å²) in [5.41, 5.74) is 0.645. The fourth-order valence-corrected chi connectivity index (χ4v) is 10.3. The van der Waals surface area contributed by atoms with E-state index >= 15 is 0 Å². The van der Waals surface area contributed by atoms with Gasteiger partial charge in [-0.3, -0.25) is 14.4 Å². The number of rotatable bonds is 11. The third-order valence-corrected chi connectivity index (χ3v) is 12.1. The molecular formula is C29H37BrClN3O4S. The Hall–Kier alpha value is -1.81. The second-order valence-electron chi connectivity index (χ2n) is 10.8. The van der Waals surface area contributed by atoms with Crippen molar-refractivity contribution in [3.8, 4) is 0 Å². The maximum atomic E-state index is 14.7. The van der Waals surface area contributed by atoms with Crippen LogP contribution in [0.4, 0.5) is 5.69 Å². The molecule has 3 heterocycles. The lowest BCUT2D eigenvalue weighted by atomic mass is 9.70. The zero-order valence-corrected chi connectivity index (χ0v) is 25.8. The van der Waals surface area contributed by atoms with Gasteiger partial charge in [0.2, 0.25) is 11.8 Å². The highest BCUT2D eigenvalue weighted by Crippen LogP contribution is 2.68. The summed E-state index contributed by atoms with van der Waals surface area (Å²) in [5.74, 6) is -1.87. The summed E-state index contributed by atoms with van der Waals surface area (Å²) >= 11 is 11.5. The van der Waals surface area contributed by atoms with Crippen LogP contribution in [0.15, 0.2) is 49.6 Å². The summed E-state index contributed by atoms with van der Waals surface area (Å²) in [4.78, 5) is 47.7. The molecule has 3 aliphatic rings. The van der Waals surface area contributed by atoms with Gasteiger partial charge in [-0.15, -0.1) is 24.9 Å². The van der Waals surface area contributed by atoms with E-state index in [0.717, 1.165) is 6.42 Å². The van der Waals surface area contributed by atoms with E-state index in [1.165, 1.54) is 0 Å². The number of anilines is 1. The number of amides is 3. The Bertz CT molecular complexity index is 1140. The number of carbonyl (C=O) groups excluding carboxylic acids is 3. The Morgan fingerprint density at radius 3 is 2.46 bits per heavy atom. The van der Waals surface area contributed by atoms with Crippen molar-refractivity contribution in [2.24, 2.45) is 17.8 Å². The minimum Gasteiger partial charge on any atom is -0.394 e. The van der Waals surface area contributed by atoms with Crippen LogP contribution in [0.3, 0.4) is 0 Å². The molecule has 1 aromatic carbocycles. The lowest BCUT2D eigenvalue weighted by Gasteiger charge is -2.41. The molecule has 39 heavy (non-hydrogen) atoms. The maximum Gasteiger partial charge on any atom is 0.251 e. The molecule has 3 aliphatic heterocycles. The van der Waals surface area contributed by atoms with E-state index in [4.69, 9.17) is 11.6 Å². The summed E-state index contributed by atoms with van der Waals surface area (Å²) in [7, 11) is 1.72. The first-order valence-corrected chi connectivity index (χ1v) is 15.5.